The average molecular weight is 614 g/mol. The molecule has 1 atom stereocenters. The first-order chi connectivity index (χ1) is 20.3. The Kier molecular flexibility index (Phi) is 7.78. The van der Waals surface area contributed by atoms with E-state index in [0.29, 0.717) is 16.9 Å². The zero-order chi connectivity index (χ0) is 31.2. The number of alkyl halides is 3. The van der Waals surface area contributed by atoms with Gasteiger partial charge in [0.2, 0.25) is 11.9 Å². The van der Waals surface area contributed by atoms with Crippen LogP contribution in [-0.4, -0.2) is 56.0 Å². The van der Waals surface area contributed by atoms with E-state index in [9.17, 15) is 27.6 Å². The molecule has 224 valence electrons. The van der Waals surface area contributed by atoms with Crippen LogP contribution in [0.1, 0.15) is 44.6 Å². The molecule has 14 heteroatoms. The molecule has 2 aromatic carbocycles. The zero-order valence-electron chi connectivity index (χ0n) is 23.6. The lowest BCUT2D eigenvalue weighted by Crippen LogP contribution is -2.46. The molecule has 0 saturated carbocycles. The van der Waals surface area contributed by atoms with Gasteiger partial charge in [-0.05, 0) is 43.7 Å². The first kappa shape index (κ1) is 29.8. The highest BCUT2D eigenvalue weighted by Crippen LogP contribution is 2.36. The van der Waals surface area contributed by atoms with Gasteiger partial charge in [-0.3, -0.25) is 14.4 Å². The molecule has 2 amide bonds. The van der Waals surface area contributed by atoms with Gasteiger partial charge in [-0.15, -0.1) is 0 Å². The standard InChI is InChI=1S/C29H27ClF3N7O3/c1-16-12-19-22(15-39(16)25(42)17-10-11-21(30)20(13-17)29(31,32)33)36-28(37(3)18-8-6-5-7-9-18)40(26(19)43)27-35-14-23(38(27)4)24(41)34-2/h5-11,13-14,16H,12,15H2,1-4H3,(H,34,41)/t16-/m1/s1. The Balaban J connectivity index is 1.63. The number of amides is 2. The Labute approximate surface area is 249 Å². The lowest BCUT2D eigenvalue weighted by Gasteiger charge is -2.35. The number of carbonyl (C=O) groups excluding carboxylic acids is 2. The van der Waals surface area contributed by atoms with E-state index in [1.54, 1.807) is 25.9 Å². The van der Waals surface area contributed by atoms with Crippen LogP contribution in [0.3, 0.4) is 0 Å². The maximum absolute atomic E-state index is 14.2. The van der Waals surface area contributed by atoms with Crippen LogP contribution in [-0.2, 0) is 26.2 Å². The molecular weight excluding hydrogens is 587 g/mol. The number of halogens is 4. The fourth-order valence-corrected chi connectivity index (χ4v) is 5.30. The molecule has 0 fully saturated rings. The normalized spacial score (nSPS) is 14.8. The van der Waals surface area contributed by atoms with Crippen molar-refractivity contribution in [3.63, 3.8) is 0 Å². The summed E-state index contributed by atoms with van der Waals surface area (Å²) in [6.07, 6.45) is -3.29. The number of imidazole rings is 1. The molecule has 43 heavy (non-hydrogen) atoms. The molecule has 0 unspecified atom stereocenters. The second-order valence-electron chi connectivity index (χ2n) is 10.1. The van der Waals surface area contributed by atoms with Crippen molar-refractivity contribution in [2.24, 2.45) is 7.05 Å². The van der Waals surface area contributed by atoms with Crippen molar-refractivity contribution in [1.29, 1.82) is 0 Å². The van der Waals surface area contributed by atoms with Crippen LogP contribution in [0.2, 0.25) is 5.02 Å². The Bertz CT molecular complexity index is 1790. The number of hydrogen-bond donors (Lipinski definition) is 1. The fraction of sp³-hybridized carbons (Fsp3) is 0.276. The van der Waals surface area contributed by atoms with Crippen molar-refractivity contribution >= 4 is 35.1 Å². The van der Waals surface area contributed by atoms with Crippen molar-refractivity contribution < 1.29 is 22.8 Å². The number of anilines is 2. The maximum Gasteiger partial charge on any atom is 0.417 e. The summed E-state index contributed by atoms with van der Waals surface area (Å²) >= 11 is 5.76. The quantitative estimate of drug-likeness (QED) is 0.359. The molecule has 1 N–H and O–H groups in total. The predicted octanol–water partition coefficient (Wildman–Crippen LogP) is 4.35. The molecule has 0 aliphatic carbocycles. The third-order valence-corrected chi connectivity index (χ3v) is 7.77. The third-order valence-electron chi connectivity index (χ3n) is 7.44. The average Bonchev–Trinajstić information content (AvgIpc) is 3.36. The molecule has 0 spiro atoms. The van der Waals surface area contributed by atoms with Crippen molar-refractivity contribution in [3.8, 4) is 5.95 Å². The van der Waals surface area contributed by atoms with Crippen LogP contribution < -0.4 is 15.8 Å². The van der Waals surface area contributed by atoms with Gasteiger partial charge in [0.25, 0.3) is 17.4 Å². The smallest absolute Gasteiger partial charge is 0.354 e. The lowest BCUT2D eigenvalue weighted by atomic mass is 9.98. The fourth-order valence-electron chi connectivity index (χ4n) is 5.08. The summed E-state index contributed by atoms with van der Waals surface area (Å²) in [6, 6.07) is 11.6. The van der Waals surface area contributed by atoms with Crippen LogP contribution in [0.15, 0.2) is 59.5 Å². The van der Waals surface area contributed by atoms with E-state index in [1.807, 2.05) is 30.3 Å². The highest BCUT2D eigenvalue weighted by atomic mass is 35.5. The number of hydrogen-bond acceptors (Lipinski definition) is 6. The molecule has 4 aromatic rings. The number of rotatable bonds is 5. The Morgan fingerprint density at radius 1 is 1.14 bits per heavy atom. The van der Waals surface area contributed by atoms with Gasteiger partial charge in [0.05, 0.1) is 29.0 Å². The van der Waals surface area contributed by atoms with Gasteiger partial charge in [0.15, 0.2) is 0 Å². The Morgan fingerprint density at radius 2 is 1.84 bits per heavy atom. The monoisotopic (exact) mass is 613 g/mol. The first-order valence-electron chi connectivity index (χ1n) is 13.2. The van der Waals surface area contributed by atoms with E-state index >= 15 is 0 Å². The summed E-state index contributed by atoms with van der Waals surface area (Å²) in [5, 5.41) is 2.04. The zero-order valence-corrected chi connectivity index (χ0v) is 24.4. The largest absolute Gasteiger partial charge is 0.417 e. The minimum Gasteiger partial charge on any atom is -0.354 e. The summed E-state index contributed by atoms with van der Waals surface area (Å²) in [6.45, 7) is 1.59. The second kappa shape index (κ2) is 11.2. The molecule has 10 nitrogen and oxygen atoms in total. The molecule has 2 aromatic heterocycles. The lowest BCUT2D eigenvalue weighted by molar-refractivity contribution is -0.137. The molecule has 3 heterocycles. The van der Waals surface area contributed by atoms with Gasteiger partial charge >= 0.3 is 6.18 Å². The van der Waals surface area contributed by atoms with E-state index in [0.717, 1.165) is 12.1 Å². The van der Waals surface area contributed by atoms with Crippen molar-refractivity contribution in [1.82, 2.24) is 29.3 Å². The summed E-state index contributed by atoms with van der Waals surface area (Å²) in [5.41, 5.74) is -0.177. The second-order valence-corrected chi connectivity index (χ2v) is 10.5. The molecule has 0 radical (unpaired) electrons. The van der Waals surface area contributed by atoms with Gasteiger partial charge in [-0.25, -0.2) is 14.5 Å². The number of fused-ring (bicyclic) bond motifs is 1. The van der Waals surface area contributed by atoms with Crippen LogP contribution in [0, 0.1) is 0 Å². The first-order valence-corrected chi connectivity index (χ1v) is 13.6. The van der Waals surface area contributed by atoms with Gasteiger partial charge in [0.1, 0.15) is 5.69 Å². The van der Waals surface area contributed by atoms with Crippen LogP contribution in [0.25, 0.3) is 5.95 Å². The highest BCUT2D eigenvalue weighted by molar-refractivity contribution is 6.31. The SMILES string of the molecule is CNC(=O)c1cnc(-n2c(N(C)c3ccccc3)nc3c(c2=O)C[C@@H](C)N(C(=O)c2ccc(Cl)c(C(F)(F)F)c2)C3)n1C. The molecular formula is C29H27ClF3N7O3. The minimum absolute atomic E-state index is 0.0919. The van der Waals surface area contributed by atoms with E-state index in [1.165, 1.54) is 33.3 Å². The maximum atomic E-state index is 14.2. The van der Waals surface area contributed by atoms with Crippen molar-refractivity contribution in [2.75, 3.05) is 19.0 Å². The summed E-state index contributed by atoms with van der Waals surface area (Å²) in [5.74, 6) is -0.719. The van der Waals surface area contributed by atoms with E-state index in [2.05, 4.69) is 10.3 Å². The number of benzene rings is 2. The number of para-hydroxylation sites is 1. The van der Waals surface area contributed by atoms with Gasteiger partial charge in [-0.1, -0.05) is 29.8 Å². The number of carbonyl (C=O) groups is 2. The molecule has 1 aliphatic rings. The number of nitrogens with zero attached hydrogens (tertiary/aromatic N) is 6. The minimum atomic E-state index is -4.74. The summed E-state index contributed by atoms with van der Waals surface area (Å²) < 4.78 is 43.3. The topological polar surface area (TPSA) is 105 Å². The molecule has 1 aliphatic heterocycles. The van der Waals surface area contributed by atoms with Crippen molar-refractivity contribution in [3.05, 3.63) is 98.2 Å². The Morgan fingerprint density at radius 3 is 2.49 bits per heavy atom. The van der Waals surface area contributed by atoms with E-state index in [4.69, 9.17) is 16.6 Å². The van der Waals surface area contributed by atoms with Gasteiger partial charge in [0, 0.05) is 44.0 Å². The molecule has 0 bridgehead atoms. The van der Waals surface area contributed by atoms with Crippen LogP contribution >= 0.6 is 11.6 Å². The third kappa shape index (κ3) is 5.36. The summed E-state index contributed by atoms with van der Waals surface area (Å²) in [7, 11) is 4.80. The van der Waals surface area contributed by atoms with Gasteiger partial charge < -0.3 is 19.7 Å². The van der Waals surface area contributed by atoms with Crippen LogP contribution in [0.5, 0.6) is 0 Å². The summed E-state index contributed by atoms with van der Waals surface area (Å²) in [4.78, 5) is 52.3. The molecule has 0 saturated heterocycles. The van der Waals surface area contributed by atoms with E-state index in [-0.39, 0.29) is 36.1 Å². The van der Waals surface area contributed by atoms with Gasteiger partial charge in [-0.2, -0.15) is 13.2 Å². The predicted molar refractivity (Wildman–Crippen MR) is 154 cm³/mol. The van der Waals surface area contributed by atoms with E-state index < -0.39 is 40.2 Å². The number of aromatic nitrogens is 4. The Hall–Kier alpha value is -4.65. The highest BCUT2D eigenvalue weighted by Gasteiger charge is 2.36. The number of nitrogens with one attached hydrogen (secondary N) is 1. The molecule has 5 rings (SSSR count). The van der Waals surface area contributed by atoms with Crippen molar-refractivity contribution in [2.45, 2.75) is 32.1 Å². The van der Waals surface area contributed by atoms with Crippen LogP contribution in [0.4, 0.5) is 24.8 Å².